The summed E-state index contributed by atoms with van der Waals surface area (Å²) in [4.78, 5) is 14.7. The van der Waals surface area contributed by atoms with Gasteiger partial charge < -0.3 is 14.7 Å². The van der Waals surface area contributed by atoms with E-state index in [0.29, 0.717) is 17.5 Å². The molecule has 2 aliphatic rings. The van der Waals surface area contributed by atoms with E-state index < -0.39 is 0 Å². The number of nitrogens with one attached hydrogen (secondary N) is 1. The Morgan fingerprint density at radius 1 is 1.38 bits per heavy atom. The van der Waals surface area contributed by atoms with Gasteiger partial charge in [0.05, 0.1) is 0 Å². The smallest absolute Gasteiger partial charge is 0.273 e. The Labute approximate surface area is 126 Å². The van der Waals surface area contributed by atoms with E-state index in [1.807, 2.05) is 0 Å². The first-order valence-corrected chi connectivity index (χ1v) is 7.80. The predicted octanol–water partition coefficient (Wildman–Crippen LogP) is 2.26. The number of likely N-dealkylation sites (N-methyl/N-ethyl adjacent to an activating group) is 1. The van der Waals surface area contributed by atoms with Gasteiger partial charge >= 0.3 is 0 Å². The second kappa shape index (κ2) is 5.13. The van der Waals surface area contributed by atoms with E-state index in [2.05, 4.69) is 43.2 Å². The highest BCUT2D eigenvalue weighted by molar-refractivity contribution is 5.92. The van der Waals surface area contributed by atoms with Crippen molar-refractivity contribution in [1.29, 1.82) is 0 Å². The van der Waals surface area contributed by atoms with E-state index in [1.54, 1.807) is 6.07 Å². The van der Waals surface area contributed by atoms with Gasteiger partial charge in [-0.15, -0.1) is 0 Å². The van der Waals surface area contributed by atoms with Crippen LogP contribution in [-0.2, 0) is 0 Å². The van der Waals surface area contributed by atoms with Gasteiger partial charge in [0.25, 0.3) is 5.91 Å². The van der Waals surface area contributed by atoms with E-state index in [9.17, 15) is 4.79 Å². The van der Waals surface area contributed by atoms with Gasteiger partial charge in [-0.05, 0) is 31.2 Å². The first-order valence-electron chi connectivity index (χ1n) is 7.80. The van der Waals surface area contributed by atoms with Crippen molar-refractivity contribution >= 4 is 5.91 Å². The van der Waals surface area contributed by atoms with Gasteiger partial charge in [0.2, 0.25) is 0 Å². The minimum Gasteiger partial charge on any atom is -0.360 e. The van der Waals surface area contributed by atoms with Crippen LogP contribution in [-0.4, -0.2) is 42.1 Å². The van der Waals surface area contributed by atoms with E-state index >= 15 is 0 Å². The number of nitrogens with zero attached hydrogens (tertiary/aromatic N) is 2. The van der Waals surface area contributed by atoms with Crippen LogP contribution in [0.5, 0.6) is 0 Å². The fourth-order valence-corrected chi connectivity index (χ4v) is 3.22. The van der Waals surface area contributed by atoms with Crippen molar-refractivity contribution in [2.45, 2.75) is 45.6 Å². The molecule has 2 atom stereocenters. The van der Waals surface area contributed by atoms with Gasteiger partial charge in [0, 0.05) is 31.1 Å². The highest BCUT2D eigenvalue weighted by Crippen LogP contribution is 2.40. The molecule has 0 radical (unpaired) electrons. The number of rotatable bonds is 3. The topological polar surface area (TPSA) is 58.4 Å². The minimum absolute atomic E-state index is 0.111. The predicted molar refractivity (Wildman–Crippen MR) is 80.2 cm³/mol. The fraction of sp³-hybridized carbons (Fsp3) is 0.750. The molecule has 5 heteroatoms. The number of carbonyl (C=O) groups excluding carboxylic acids is 1. The van der Waals surface area contributed by atoms with Crippen molar-refractivity contribution in [3.63, 3.8) is 0 Å². The number of hydrogen-bond donors (Lipinski definition) is 1. The minimum atomic E-state index is -0.111. The zero-order valence-corrected chi connectivity index (χ0v) is 13.3. The average Bonchev–Trinajstić information content (AvgIpc) is 2.98. The molecule has 2 fully saturated rings. The number of aromatic nitrogens is 1. The van der Waals surface area contributed by atoms with Crippen LogP contribution in [0.1, 0.15) is 55.8 Å². The average molecular weight is 291 g/mol. The van der Waals surface area contributed by atoms with Gasteiger partial charge in [0.1, 0.15) is 5.76 Å². The zero-order chi connectivity index (χ0) is 15.2. The Bertz CT molecular complexity index is 528. The maximum absolute atomic E-state index is 12.4. The molecule has 0 unspecified atom stereocenters. The number of likely N-dealkylation sites (tertiary alicyclic amines) is 1. The third kappa shape index (κ3) is 3.12. The molecule has 0 aromatic carbocycles. The molecule has 1 aromatic heterocycles. The molecule has 1 aromatic rings. The van der Waals surface area contributed by atoms with E-state index in [-0.39, 0.29) is 17.4 Å². The Kier molecular flexibility index (Phi) is 3.56. The Balaban J connectivity index is 1.67. The Morgan fingerprint density at radius 3 is 2.71 bits per heavy atom. The fourth-order valence-electron chi connectivity index (χ4n) is 3.22. The van der Waals surface area contributed by atoms with Crippen LogP contribution in [0.2, 0.25) is 0 Å². The number of carbonyl (C=O) groups is 1. The number of amides is 1. The van der Waals surface area contributed by atoms with Crippen molar-refractivity contribution < 1.29 is 9.32 Å². The molecule has 0 bridgehead atoms. The highest BCUT2D eigenvalue weighted by Gasteiger charge is 2.39. The lowest BCUT2D eigenvalue weighted by molar-refractivity contribution is 0.0903. The molecule has 116 valence electrons. The molecular formula is C16H25N3O2. The summed E-state index contributed by atoms with van der Waals surface area (Å²) in [6.45, 7) is 8.60. The molecule has 5 nitrogen and oxygen atoms in total. The largest absolute Gasteiger partial charge is 0.360 e. The van der Waals surface area contributed by atoms with Crippen molar-refractivity contribution in [3.05, 3.63) is 17.5 Å². The van der Waals surface area contributed by atoms with Crippen molar-refractivity contribution in [2.75, 3.05) is 20.1 Å². The lowest BCUT2D eigenvalue weighted by atomic mass is 9.78. The summed E-state index contributed by atoms with van der Waals surface area (Å²) in [6, 6.07) is 1.97. The first-order chi connectivity index (χ1) is 9.84. The van der Waals surface area contributed by atoms with Crippen LogP contribution in [0.3, 0.4) is 0 Å². The molecule has 21 heavy (non-hydrogen) atoms. The van der Waals surface area contributed by atoms with Gasteiger partial charge in [-0.3, -0.25) is 4.79 Å². The molecule has 1 amide bonds. The SMILES string of the molecule is CN1C[C@H](NC(=O)c2cc(C3CC3)on2)[C@@H](C(C)(C)C)C1. The molecule has 2 heterocycles. The molecule has 1 aliphatic carbocycles. The van der Waals surface area contributed by atoms with E-state index in [0.717, 1.165) is 31.7 Å². The third-order valence-corrected chi connectivity index (χ3v) is 4.67. The maximum Gasteiger partial charge on any atom is 0.273 e. The summed E-state index contributed by atoms with van der Waals surface area (Å²) < 4.78 is 5.27. The molecule has 1 aliphatic heterocycles. The van der Waals surface area contributed by atoms with E-state index in [4.69, 9.17) is 4.52 Å². The van der Waals surface area contributed by atoms with Crippen LogP contribution in [0.4, 0.5) is 0 Å². The monoisotopic (exact) mass is 291 g/mol. The van der Waals surface area contributed by atoms with Gasteiger partial charge in [-0.25, -0.2) is 0 Å². The van der Waals surface area contributed by atoms with E-state index in [1.165, 1.54) is 0 Å². The Morgan fingerprint density at radius 2 is 2.10 bits per heavy atom. The summed E-state index contributed by atoms with van der Waals surface area (Å²) in [7, 11) is 2.10. The maximum atomic E-state index is 12.4. The molecule has 1 saturated heterocycles. The summed E-state index contributed by atoms with van der Waals surface area (Å²) in [6.07, 6.45) is 2.30. The van der Waals surface area contributed by atoms with Crippen LogP contribution >= 0.6 is 0 Å². The standard InChI is InChI=1S/C16H25N3O2/c1-16(2,3)11-8-19(4)9-13(11)17-15(20)12-7-14(21-18-12)10-5-6-10/h7,10-11,13H,5-6,8-9H2,1-4H3,(H,17,20)/t11-,13-/m0/s1. The molecule has 1 saturated carbocycles. The summed E-state index contributed by atoms with van der Waals surface area (Å²) in [5.74, 6) is 1.68. The summed E-state index contributed by atoms with van der Waals surface area (Å²) in [5, 5.41) is 7.08. The molecular weight excluding hydrogens is 266 g/mol. The molecule has 0 spiro atoms. The van der Waals surface area contributed by atoms with Crippen LogP contribution in [0.25, 0.3) is 0 Å². The normalized spacial score (nSPS) is 27.0. The second-order valence-corrected chi connectivity index (χ2v) is 7.66. The van der Waals surface area contributed by atoms with Gasteiger partial charge in [-0.2, -0.15) is 0 Å². The van der Waals surface area contributed by atoms with Crippen molar-refractivity contribution in [3.8, 4) is 0 Å². The Hall–Kier alpha value is -1.36. The summed E-state index contributed by atoms with van der Waals surface area (Å²) in [5.41, 5.74) is 0.588. The van der Waals surface area contributed by atoms with Crippen LogP contribution in [0, 0.1) is 11.3 Å². The van der Waals surface area contributed by atoms with Crippen molar-refractivity contribution in [2.24, 2.45) is 11.3 Å². The molecule has 1 N–H and O–H groups in total. The lowest BCUT2D eigenvalue weighted by Crippen LogP contribution is -2.44. The van der Waals surface area contributed by atoms with Crippen LogP contribution in [0.15, 0.2) is 10.6 Å². The summed E-state index contributed by atoms with van der Waals surface area (Å²) >= 11 is 0. The third-order valence-electron chi connectivity index (χ3n) is 4.67. The zero-order valence-electron chi connectivity index (χ0n) is 13.3. The van der Waals surface area contributed by atoms with Crippen LogP contribution < -0.4 is 5.32 Å². The quantitative estimate of drug-likeness (QED) is 0.928. The van der Waals surface area contributed by atoms with Gasteiger partial charge in [-0.1, -0.05) is 25.9 Å². The first kappa shape index (κ1) is 14.6. The van der Waals surface area contributed by atoms with Crippen molar-refractivity contribution in [1.82, 2.24) is 15.4 Å². The highest BCUT2D eigenvalue weighted by atomic mass is 16.5. The lowest BCUT2D eigenvalue weighted by Gasteiger charge is -2.31. The number of hydrogen-bond acceptors (Lipinski definition) is 4. The van der Waals surface area contributed by atoms with Gasteiger partial charge in [0.15, 0.2) is 5.69 Å². The second-order valence-electron chi connectivity index (χ2n) is 7.66. The molecule has 3 rings (SSSR count).